The van der Waals surface area contributed by atoms with Gasteiger partial charge >= 0.3 is 0 Å². The second-order valence-electron chi connectivity index (χ2n) is 4.38. The van der Waals surface area contributed by atoms with Gasteiger partial charge in [-0.1, -0.05) is 0 Å². The summed E-state index contributed by atoms with van der Waals surface area (Å²) in [6, 6.07) is 1.56. The van der Waals surface area contributed by atoms with E-state index in [1.54, 1.807) is 26.4 Å². The Hall–Kier alpha value is -0.700. The van der Waals surface area contributed by atoms with Gasteiger partial charge in [-0.05, 0) is 36.1 Å². The van der Waals surface area contributed by atoms with Gasteiger partial charge in [0.15, 0.2) is 0 Å². The van der Waals surface area contributed by atoms with E-state index in [1.165, 1.54) is 4.31 Å². The van der Waals surface area contributed by atoms with Crippen molar-refractivity contribution < 1.29 is 8.42 Å². The number of likely N-dealkylation sites (N-methyl/N-ethyl adjacent to an activating group) is 2. The van der Waals surface area contributed by atoms with Crippen LogP contribution in [0.15, 0.2) is 21.6 Å². The van der Waals surface area contributed by atoms with Gasteiger partial charge in [0.1, 0.15) is 10.7 Å². The molecule has 0 radical (unpaired) electrons. The van der Waals surface area contributed by atoms with Gasteiger partial charge in [-0.2, -0.15) is 4.31 Å². The molecule has 0 amide bonds. The van der Waals surface area contributed by atoms with Gasteiger partial charge in [0.05, 0.1) is 0 Å². The lowest BCUT2D eigenvalue weighted by Gasteiger charge is -2.20. The fourth-order valence-electron chi connectivity index (χ4n) is 1.43. The first-order valence-electron chi connectivity index (χ1n) is 5.73. The fourth-order valence-corrected chi connectivity index (χ4v) is 3.25. The highest BCUT2D eigenvalue weighted by Crippen LogP contribution is 2.24. The lowest BCUT2D eigenvalue weighted by atomic mass is 10.4. The number of hydrogen-bond acceptors (Lipinski definition) is 5. The minimum Gasteiger partial charge on any atom is -0.372 e. The van der Waals surface area contributed by atoms with Crippen molar-refractivity contribution in [2.24, 2.45) is 0 Å². The van der Waals surface area contributed by atoms with Crippen molar-refractivity contribution in [3.05, 3.63) is 16.7 Å². The number of nitrogens with zero attached hydrogens (tertiary/aromatic N) is 3. The summed E-state index contributed by atoms with van der Waals surface area (Å²) in [6.07, 6.45) is 1.56. The van der Waals surface area contributed by atoms with E-state index in [0.29, 0.717) is 23.4 Å². The van der Waals surface area contributed by atoms with E-state index in [9.17, 15) is 8.42 Å². The summed E-state index contributed by atoms with van der Waals surface area (Å²) in [6.45, 7) is 1.08. The van der Waals surface area contributed by atoms with Crippen LogP contribution in [0.4, 0.5) is 5.82 Å². The molecule has 0 aromatic carbocycles. The number of pyridine rings is 1. The van der Waals surface area contributed by atoms with E-state index < -0.39 is 10.0 Å². The Morgan fingerprint density at radius 1 is 1.32 bits per heavy atom. The van der Waals surface area contributed by atoms with Gasteiger partial charge in [-0.25, -0.2) is 13.4 Å². The third kappa shape index (κ3) is 4.13. The van der Waals surface area contributed by atoms with Gasteiger partial charge in [0.2, 0.25) is 10.0 Å². The van der Waals surface area contributed by atoms with Gasteiger partial charge in [0.25, 0.3) is 0 Å². The number of aromatic nitrogens is 1. The number of nitrogens with one attached hydrogen (secondary N) is 1. The standard InChI is InChI=1S/C11H19BrN4O2S/c1-13-11-10(7-9(12)8-14-11)19(17,18)16(4)6-5-15(2)3/h7-8H,5-6H2,1-4H3,(H,13,14). The van der Waals surface area contributed by atoms with Crippen LogP contribution in [0.2, 0.25) is 0 Å². The van der Waals surface area contributed by atoms with E-state index in [1.807, 2.05) is 19.0 Å². The minimum atomic E-state index is -3.55. The first-order valence-corrected chi connectivity index (χ1v) is 7.96. The topological polar surface area (TPSA) is 65.5 Å². The van der Waals surface area contributed by atoms with Crippen LogP contribution in [0, 0.1) is 0 Å². The van der Waals surface area contributed by atoms with Crippen molar-refractivity contribution >= 4 is 31.8 Å². The van der Waals surface area contributed by atoms with Gasteiger partial charge in [-0.3, -0.25) is 0 Å². The molecule has 0 saturated carbocycles. The highest BCUT2D eigenvalue weighted by atomic mass is 79.9. The molecule has 0 unspecified atom stereocenters. The summed E-state index contributed by atoms with van der Waals surface area (Å²) >= 11 is 3.25. The second kappa shape index (κ2) is 6.65. The van der Waals surface area contributed by atoms with Gasteiger partial charge in [0, 0.05) is 37.9 Å². The maximum atomic E-state index is 12.5. The third-order valence-corrected chi connectivity index (χ3v) is 4.91. The Labute approximate surface area is 123 Å². The predicted molar refractivity (Wildman–Crippen MR) is 79.9 cm³/mol. The van der Waals surface area contributed by atoms with Crippen molar-refractivity contribution in [3.8, 4) is 0 Å². The zero-order chi connectivity index (χ0) is 14.6. The Morgan fingerprint density at radius 3 is 2.47 bits per heavy atom. The minimum absolute atomic E-state index is 0.172. The van der Waals surface area contributed by atoms with Crippen molar-refractivity contribution in [1.29, 1.82) is 0 Å². The predicted octanol–water partition coefficient (Wildman–Crippen LogP) is 1.07. The summed E-state index contributed by atoms with van der Waals surface area (Å²) in [5, 5.41) is 2.80. The number of rotatable bonds is 6. The van der Waals surface area contributed by atoms with Crippen molar-refractivity contribution in [2.45, 2.75) is 4.90 Å². The highest BCUT2D eigenvalue weighted by Gasteiger charge is 2.24. The number of sulfonamides is 1. The van der Waals surface area contributed by atoms with Crippen molar-refractivity contribution in [3.63, 3.8) is 0 Å². The Balaban J connectivity index is 3.09. The zero-order valence-corrected chi connectivity index (χ0v) is 13.9. The molecule has 1 aromatic heterocycles. The lowest BCUT2D eigenvalue weighted by Crippen LogP contribution is -2.34. The number of hydrogen-bond donors (Lipinski definition) is 1. The maximum absolute atomic E-state index is 12.5. The van der Waals surface area contributed by atoms with E-state index >= 15 is 0 Å². The van der Waals surface area contributed by atoms with Crippen LogP contribution < -0.4 is 5.32 Å². The quantitative estimate of drug-likeness (QED) is 0.831. The average molecular weight is 351 g/mol. The molecule has 108 valence electrons. The Bertz CT molecular complexity index is 533. The lowest BCUT2D eigenvalue weighted by molar-refractivity contribution is 0.358. The molecule has 0 bridgehead atoms. The van der Waals surface area contributed by atoms with Crippen LogP contribution in [0.3, 0.4) is 0 Å². The Kier molecular flexibility index (Phi) is 5.72. The summed E-state index contributed by atoms with van der Waals surface area (Å²) < 4.78 is 26.9. The molecule has 1 N–H and O–H groups in total. The van der Waals surface area contributed by atoms with Gasteiger partial charge < -0.3 is 10.2 Å². The summed E-state index contributed by atoms with van der Waals surface area (Å²) in [7, 11) is 3.47. The van der Waals surface area contributed by atoms with Crippen LogP contribution >= 0.6 is 15.9 Å². The van der Waals surface area contributed by atoms with Crippen LogP contribution in [-0.2, 0) is 10.0 Å². The van der Waals surface area contributed by atoms with Gasteiger partial charge in [-0.15, -0.1) is 0 Å². The molecule has 1 heterocycles. The first kappa shape index (κ1) is 16.4. The maximum Gasteiger partial charge on any atom is 0.246 e. The summed E-state index contributed by atoms with van der Waals surface area (Å²) in [5.41, 5.74) is 0. The zero-order valence-electron chi connectivity index (χ0n) is 11.5. The molecule has 0 aliphatic carbocycles. The second-order valence-corrected chi connectivity index (χ2v) is 7.31. The summed E-state index contributed by atoms with van der Waals surface area (Å²) in [5.74, 6) is 0.347. The molecule has 0 spiro atoms. The van der Waals surface area contributed by atoms with Crippen LogP contribution in [0.25, 0.3) is 0 Å². The van der Waals surface area contributed by atoms with Crippen molar-refractivity contribution in [2.75, 3.05) is 46.6 Å². The number of halogens is 1. The molecular formula is C11H19BrN4O2S. The van der Waals surface area contributed by atoms with E-state index in [2.05, 4.69) is 26.2 Å². The molecule has 0 aliphatic rings. The van der Waals surface area contributed by atoms with Crippen molar-refractivity contribution in [1.82, 2.24) is 14.2 Å². The smallest absolute Gasteiger partial charge is 0.246 e. The monoisotopic (exact) mass is 350 g/mol. The van der Waals surface area contributed by atoms with Crippen LogP contribution in [0.1, 0.15) is 0 Å². The molecule has 19 heavy (non-hydrogen) atoms. The summed E-state index contributed by atoms with van der Waals surface area (Å²) in [4.78, 5) is 6.17. The molecule has 1 rings (SSSR count). The van der Waals surface area contributed by atoms with E-state index in [0.717, 1.165) is 0 Å². The first-order chi connectivity index (χ1) is 8.78. The normalized spacial score (nSPS) is 12.2. The molecule has 0 aliphatic heterocycles. The molecule has 8 heteroatoms. The molecule has 0 atom stereocenters. The van der Waals surface area contributed by atoms with E-state index in [-0.39, 0.29) is 4.90 Å². The number of anilines is 1. The fraction of sp³-hybridized carbons (Fsp3) is 0.545. The molecule has 0 saturated heterocycles. The SMILES string of the molecule is CNc1ncc(Br)cc1S(=O)(=O)N(C)CCN(C)C. The van der Waals surface area contributed by atoms with E-state index in [4.69, 9.17) is 0 Å². The molecule has 0 fully saturated rings. The molecule has 6 nitrogen and oxygen atoms in total. The Morgan fingerprint density at radius 2 is 1.95 bits per heavy atom. The highest BCUT2D eigenvalue weighted by molar-refractivity contribution is 9.10. The molecular weight excluding hydrogens is 332 g/mol. The average Bonchev–Trinajstić information content (AvgIpc) is 2.35. The largest absolute Gasteiger partial charge is 0.372 e. The third-order valence-electron chi connectivity index (χ3n) is 2.61. The van der Waals surface area contributed by atoms with Crippen LogP contribution in [0.5, 0.6) is 0 Å². The molecule has 1 aromatic rings. The van der Waals surface area contributed by atoms with Crippen LogP contribution in [-0.4, -0.2) is 63.9 Å².